The Labute approximate surface area is 108 Å². The number of phenolic OH excluding ortho intramolecular Hbond substituents is 1. The lowest BCUT2D eigenvalue weighted by Crippen LogP contribution is -1.87. The van der Waals surface area contributed by atoms with Crippen LogP contribution in [0.2, 0.25) is 0 Å². The molecule has 2 aromatic rings. The van der Waals surface area contributed by atoms with Crippen LogP contribution in [0.1, 0.15) is 22.3 Å². The summed E-state index contributed by atoms with van der Waals surface area (Å²) in [5, 5.41) is 9.72. The van der Waals surface area contributed by atoms with Crippen molar-refractivity contribution in [3.63, 3.8) is 0 Å². The van der Waals surface area contributed by atoms with Gasteiger partial charge in [-0.2, -0.15) is 0 Å². The third-order valence-electron chi connectivity index (χ3n) is 3.01. The molecule has 0 atom stereocenters. The Balaban J connectivity index is 2.09. The van der Waals surface area contributed by atoms with Crippen LogP contribution in [-0.4, -0.2) is 5.11 Å². The van der Waals surface area contributed by atoms with Gasteiger partial charge in [-0.25, -0.2) is 0 Å². The molecule has 0 saturated carbocycles. The lowest BCUT2D eigenvalue weighted by molar-refractivity contribution is 0.466. The average Bonchev–Trinajstić information content (AvgIpc) is 2.37. The first kappa shape index (κ1) is 12.4. The highest BCUT2D eigenvalue weighted by molar-refractivity contribution is 5.50. The van der Waals surface area contributed by atoms with Gasteiger partial charge in [0, 0.05) is 0 Å². The Hall–Kier alpha value is -2.02. The van der Waals surface area contributed by atoms with E-state index in [0.29, 0.717) is 5.75 Å². The van der Waals surface area contributed by atoms with Gasteiger partial charge in [0.2, 0.25) is 0 Å². The van der Waals surface area contributed by atoms with Gasteiger partial charge >= 0.3 is 0 Å². The highest BCUT2D eigenvalue weighted by atomic mass is 16.3. The molecular weight excluding hydrogens is 220 g/mol. The molecule has 0 radical (unpaired) electrons. The molecule has 2 rings (SSSR count). The molecule has 0 amide bonds. The summed E-state index contributed by atoms with van der Waals surface area (Å²) < 4.78 is 0. The monoisotopic (exact) mass is 238 g/mol. The zero-order chi connectivity index (χ0) is 13.0. The second-order valence-electron chi connectivity index (χ2n) is 4.60. The van der Waals surface area contributed by atoms with Crippen LogP contribution in [0.15, 0.2) is 48.5 Å². The summed E-state index contributed by atoms with van der Waals surface area (Å²) in [4.78, 5) is 0. The quantitative estimate of drug-likeness (QED) is 0.846. The molecule has 0 fully saturated rings. The Morgan fingerprint density at radius 3 is 2.22 bits per heavy atom. The molecular formula is C17H18O. The fourth-order valence-corrected chi connectivity index (χ4v) is 2.06. The first-order chi connectivity index (χ1) is 8.66. The molecule has 0 unspecified atom stereocenters. The third kappa shape index (κ3) is 3.01. The van der Waals surface area contributed by atoms with Gasteiger partial charge < -0.3 is 5.11 Å². The summed E-state index contributed by atoms with van der Waals surface area (Å²) in [6.07, 6.45) is 5.16. The zero-order valence-corrected chi connectivity index (χ0v) is 10.9. The molecule has 0 spiro atoms. The average molecular weight is 238 g/mol. The van der Waals surface area contributed by atoms with E-state index in [9.17, 15) is 5.11 Å². The number of hydrogen-bond acceptors (Lipinski definition) is 1. The van der Waals surface area contributed by atoms with Gasteiger partial charge in [0.25, 0.3) is 0 Å². The predicted molar refractivity (Wildman–Crippen MR) is 76.8 cm³/mol. The fourth-order valence-electron chi connectivity index (χ4n) is 2.06. The van der Waals surface area contributed by atoms with Crippen LogP contribution in [0.4, 0.5) is 0 Å². The van der Waals surface area contributed by atoms with Crippen molar-refractivity contribution in [3.8, 4) is 5.75 Å². The van der Waals surface area contributed by atoms with Crippen LogP contribution in [0, 0.1) is 13.8 Å². The molecule has 0 heterocycles. The minimum atomic E-state index is 0.408. The summed E-state index contributed by atoms with van der Waals surface area (Å²) in [6, 6.07) is 14.3. The van der Waals surface area contributed by atoms with Gasteiger partial charge in [-0.1, -0.05) is 54.6 Å². The van der Waals surface area contributed by atoms with E-state index in [2.05, 4.69) is 24.3 Å². The van der Waals surface area contributed by atoms with E-state index >= 15 is 0 Å². The molecule has 0 aliphatic carbocycles. The zero-order valence-electron chi connectivity index (χ0n) is 10.9. The number of aryl methyl sites for hydroxylation is 2. The van der Waals surface area contributed by atoms with Crippen molar-refractivity contribution in [2.45, 2.75) is 20.3 Å². The predicted octanol–water partition coefficient (Wildman–Crippen LogP) is 4.26. The Kier molecular flexibility index (Phi) is 3.83. The minimum absolute atomic E-state index is 0.408. The normalized spacial score (nSPS) is 11.0. The summed E-state index contributed by atoms with van der Waals surface area (Å²) in [6.45, 7) is 3.87. The van der Waals surface area contributed by atoms with Crippen LogP contribution < -0.4 is 0 Å². The van der Waals surface area contributed by atoms with E-state index in [0.717, 1.165) is 17.5 Å². The molecule has 2 aromatic carbocycles. The van der Waals surface area contributed by atoms with E-state index in [1.54, 1.807) is 0 Å². The fraction of sp³-hybridized carbons (Fsp3) is 0.176. The van der Waals surface area contributed by atoms with Crippen molar-refractivity contribution in [2.75, 3.05) is 0 Å². The summed E-state index contributed by atoms with van der Waals surface area (Å²) >= 11 is 0. The highest BCUT2D eigenvalue weighted by Crippen LogP contribution is 2.23. The largest absolute Gasteiger partial charge is 0.507 e. The molecule has 1 N–H and O–H groups in total. The first-order valence-corrected chi connectivity index (χ1v) is 6.17. The van der Waals surface area contributed by atoms with E-state index < -0.39 is 0 Å². The minimum Gasteiger partial charge on any atom is -0.507 e. The molecule has 0 saturated heterocycles. The Morgan fingerprint density at radius 1 is 1.00 bits per heavy atom. The molecule has 0 aliphatic heterocycles. The maximum Gasteiger partial charge on any atom is 0.121 e. The van der Waals surface area contributed by atoms with Crippen molar-refractivity contribution in [1.82, 2.24) is 0 Å². The Bertz CT molecular complexity index is 530. The van der Waals surface area contributed by atoms with Crippen molar-refractivity contribution < 1.29 is 5.11 Å². The number of hydrogen-bond donors (Lipinski definition) is 1. The van der Waals surface area contributed by atoms with Crippen molar-refractivity contribution in [3.05, 3.63) is 70.8 Å². The van der Waals surface area contributed by atoms with Crippen molar-refractivity contribution in [2.24, 2.45) is 0 Å². The maximum absolute atomic E-state index is 9.72. The molecule has 1 heteroatoms. The lowest BCUT2D eigenvalue weighted by atomic mass is 10.0. The molecule has 18 heavy (non-hydrogen) atoms. The lowest BCUT2D eigenvalue weighted by Gasteiger charge is -2.06. The van der Waals surface area contributed by atoms with Gasteiger partial charge in [0.15, 0.2) is 0 Å². The molecule has 1 nitrogen and oxygen atoms in total. The van der Waals surface area contributed by atoms with Crippen molar-refractivity contribution >= 4 is 6.08 Å². The van der Waals surface area contributed by atoms with Gasteiger partial charge in [0.1, 0.15) is 5.75 Å². The van der Waals surface area contributed by atoms with Crippen LogP contribution >= 0.6 is 0 Å². The highest BCUT2D eigenvalue weighted by Gasteiger charge is 2.01. The standard InChI is InChI=1S/C17H18O/c1-13-11-16(12-14(2)17(13)18)10-6-9-15-7-4-3-5-8-15/h3-9,11-12,18H,10H2,1-2H3/b9-6+. The number of allylic oxidation sites excluding steroid dienone is 1. The third-order valence-corrected chi connectivity index (χ3v) is 3.01. The van der Waals surface area contributed by atoms with E-state index in [4.69, 9.17) is 0 Å². The van der Waals surface area contributed by atoms with Crippen molar-refractivity contribution in [1.29, 1.82) is 0 Å². The first-order valence-electron chi connectivity index (χ1n) is 6.17. The summed E-state index contributed by atoms with van der Waals surface area (Å²) in [5.41, 5.74) is 4.33. The van der Waals surface area contributed by atoms with Gasteiger partial charge in [-0.15, -0.1) is 0 Å². The second-order valence-corrected chi connectivity index (χ2v) is 4.60. The Morgan fingerprint density at radius 2 is 1.61 bits per heavy atom. The number of rotatable bonds is 3. The topological polar surface area (TPSA) is 20.2 Å². The SMILES string of the molecule is Cc1cc(C/C=C/c2ccccc2)cc(C)c1O. The number of phenols is 1. The molecule has 0 aliphatic rings. The van der Waals surface area contributed by atoms with Gasteiger partial charge in [-0.3, -0.25) is 0 Å². The summed E-state index contributed by atoms with van der Waals surface area (Å²) in [5.74, 6) is 0.408. The van der Waals surface area contributed by atoms with E-state index in [1.807, 2.05) is 44.2 Å². The molecule has 0 aromatic heterocycles. The van der Waals surface area contributed by atoms with Crippen LogP contribution in [-0.2, 0) is 6.42 Å². The van der Waals surface area contributed by atoms with E-state index in [1.165, 1.54) is 11.1 Å². The number of benzene rings is 2. The van der Waals surface area contributed by atoms with Gasteiger partial charge in [0.05, 0.1) is 0 Å². The van der Waals surface area contributed by atoms with Crippen LogP contribution in [0.25, 0.3) is 6.08 Å². The summed E-state index contributed by atoms with van der Waals surface area (Å²) in [7, 11) is 0. The number of aromatic hydroxyl groups is 1. The molecule has 0 bridgehead atoms. The van der Waals surface area contributed by atoms with Crippen LogP contribution in [0.3, 0.4) is 0 Å². The smallest absolute Gasteiger partial charge is 0.121 e. The van der Waals surface area contributed by atoms with Gasteiger partial charge in [-0.05, 0) is 42.5 Å². The molecule has 92 valence electrons. The van der Waals surface area contributed by atoms with Crippen LogP contribution in [0.5, 0.6) is 5.75 Å². The maximum atomic E-state index is 9.72. The second kappa shape index (κ2) is 5.54. The van der Waals surface area contributed by atoms with E-state index in [-0.39, 0.29) is 0 Å².